The number of Topliss-reactive ketones (excluding diaryl/α,β-unsaturated/α-hetero) is 1. The minimum Gasteiger partial charge on any atom is -0.453 e. The van der Waals surface area contributed by atoms with Crippen LogP contribution in [0.15, 0.2) is 77.2 Å². The summed E-state index contributed by atoms with van der Waals surface area (Å²) in [5.74, 6) is -0.553. The minimum absolute atomic E-state index is 0.00126. The Labute approximate surface area is 300 Å². The number of hydrogen-bond acceptors (Lipinski definition) is 9. The number of hydrogen-bond donors (Lipinski definition) is 2. The van der Waals surface area contributed by atoms with Gasteiger partial charge in [-0.15, -0.1) is 11.8 Å². The molecule has 3 saturated carbocycles. The molecule has 0 aromatic heterocycles. The number of fused-ring (bicyclic) bond motifs is 5. The molecule has 0 bridgehead atoms. The number of aliphatic hydroxyl groups excluding tert-OH is 1. The molecule has 7 rings (SSSR count). The van der Waals surface area contributed by atoms with Crippen LogP contribution in [0.5, 0.6) is 0 Å². The highest BCUT2D eigenvalue weighted by Crippen LogP contribution is 2.68. The van der Waals surface area contributed by atoms with Gasteiger partial charge >= 0.3 is 5.97 Å². The molecule has 13 atom stereocenters. The maximum atomic E-state index is 13.2. The zero-order valence-corrected chi connectivity index (χ0v) is 30.6. The summed E-state index contributed by atoms with van der Waals surface area (Å²) in [6, 6.07) is 19.0. The lowest BCUT2D eigenvalue weighted by molar-refractivity contribution is -0.262. The molecule has 2 aromatic rings. The molecule has 8 nitrogen and oxygen atoms in total. The topological polar surface area (TPSA) is 112 Å². The van der Waals surface area contributed by atoms with Crippen LogP contribution >= 0.6 is 11.8 Å². The maximum absolute atomic E-state index is 13.2. The van der Waals surface area contributed by atoms with Crippen LogP contribution in [0, 0.1) is 28.6 Å². The Balaban J connectivity index is 1.11. The van der Waals surface area contributed by atoms with Crippen LogP contribution in [0.2, 0.25) is 0 Å². The van der Waals surface area contributed by atoms with E-state index in [4.69, 9.17) is 18.9 Å². The van der Waals surface area contributed by atoms with Crippen molar-refractivity contribution in [1.29, 1.82) is 0 Å². The SMILES string of the molecule is COC1C(OC(=O)c2ccccc2)C(C)OC(OC2CC[C@@]3(C)C(=CCC4C3CC(O)[C@]3(C)C(C(C)=O)CCC43O)C2)C1Sc1ccccc1. The van der Waals surface area contributed by atoms with Crippen molar-refractivity contribution in [3.05, 3.63) is 77.9 Å². The predicted molar refractivity (Wildman–Crippen MR) is 190 cm³/mol. The lowest BCUT2D eigenvalue weighted by Gasteiger charge is -2.62. The van der Waals surface area contributed by atoms with Gasteiger partial charge in [0.25, 0.3) is 0 Å². The highest BCUT2D eigenvalue weighted by atomic mass is 32.2. The van der Waals surface area contributed by atoms with Gasteiger partial charge < -0.3 is 29.2 Å². The molecule has 11 unspecified atom stereocenters. The van der Waals surface area contributed by atoms with Gasteiger partial charge in [-0.3, -0.25) is 4.79 Å². The highest BCUT2D eigenvalue weighted by molar-refractivity contribution is 8.00. The van der Waals surface area contributed by atoms with Crippen LogP contribution in [0.25, 0.3) is 0 Å². The molecular formula is C41H52O8S. The third-order valence-electron chi connectivity index (χ3n) is 13.4. The first kappa shape index (κ1) is 35.9. The summed E-state index contributed by atoms with van der Waals surface area (Å²) in [5, 5.41) is 23.7. The highest BCUT2D eigenvalue weighted by Gasteiger charge is 2.70. The molecule has 270 valence electrons. The van der Waals surface area contributed by atoms with Crippen molar-refractivity contribution in [3.63, 3.8) is 0 Å². The summed E-state index contributed by atoms with van der Waals surface area (Å²) >= 11 is 1.61. The maximum Gasteiger partial charge on any atom is 0.338 e. The van der Waals surface area contributed by atoms with Crippen LogP contribution in [-0.4, -0.2) is 76.7 Å². The van der Waals surface area contributed by atoms with E-state index in [9.17, 15) is 19.8 Å². The fourth-order valence-electron chi connectivity index (χ4n) is 10.6. The van der Waals surface area contributed by atoms with Crippen LogP contribution in [0.4, 0.5) is 0 Å². The Morgan fingerprint density at radius 2 is 1.66 bits per heavy atom. The number of aliphatic hydroxyl groups is 2. The van der Waals surface area contributed by atoms with Gasteiger partial charge in [0, 0.05) is 23.3 Å². The Hall–Kier alpha value is -2.53. The zero-order valence-electron chi connectivity index (χ0n) is 29.8. The van der Waals surface area contributed by atoms with Crippen LogP contribution in [0.1, 0.15) is 83.0 Å². The third-order valence-corrected chi connectivity index (χ3v) is 14.7. The molecule has 0 spiro atoms. The van der Waals surface area contributed by atoms with Crippen LogP contribution in [-0.2, 0) is 23.7 Å². The van der Waals surface area contributed by atoms with E-state index >= 15 is 0 Å². The molecule has 2 aromatic carbocycles. The van der Waals surface area contributed by atoms with Crippen molar-refractivity contribution in [2.75, 3.05) is 7.11 Å². The Morgan fingerprint density at radius 3 is 2.34 bits per heavy atom. The molecule has 5 aliphatic rings. The smallest absolute Gasteiger partial charge is 0.338 e. The molecule has 4 aliphatic carbocycles. The Kier molecular flexibility index (Phi) is 9.89. The number of carbonyl (C=O) groups is 2. The summed E-state index contributed by atoms with van der Waals surface area (Å²) < 4.78 is 25.7. The number of carbonyl (C=O) groups excluding carboxylic acids is 2. The van der Waals surface area contributed by atoms with Crippen molar-refractivity contribution >= 4 is 23.5 Å². The van der Waals surface area contributed by atoms with Crippen LogP contribution < -0.4 is 0 Å². The van der Waals surface area contributed by atoms with E-state index in [-0.39, 0.29) is 40.3 Å². The van der Waals surface area contributed by atoms with Gasteiger partial charge in [0.1, 0.15) is 11.9 Å². The van der Waals surface area contributed by atoms with E-state index in [0.29, 0.717) is 24.8 Å². The summed E-state index contributed by atoms with van der Waals surface area (Å²) in [5.41, 5.74) is -0.284. The lowest BCUT2D eigenvalue weighted by atomic mass is 9.45. The lowest BCUT2D eigenvalue weighted by Crippen LogP contribution is -2.66. The second kappa shape index (κ2) is 13.8. The minimum atomic E-state index is -1.08. The zero-order chi connectivity index (χ0) is 35.4. The monoisotopic (exact) mass is 704 g/mol. The predicted octanol–water partition coefficient (Wildman–Crippen LogP) is 6.77. The molecule has 2 N–H and O–H groups in total. The Bertz CT molecular complexity index is 1580. The molecular weight excluding hydrogens is 653 g/mol. The summed E-state index contributed by atoms with van der Waals surface area (Å²) in [6.45, 7) is 7.77. The molecule has 0 radical (unpaired) electrons. The summed E-state index contributed by atoms with van der Waals surface area (Å²) in [7, 11) is 1.65. The summed E-state index contributed by atoms with van der Waals surface area (Å²) in [4.78, 5) is 26.9. The van der Waals surface area contributed by atoms with E-state index in [0.717, 1.165) is 30.6 Å². The van der Waals surface area contributed by atoms with Gasteiger partial charge in [-0.25, -0.2) is 4.79 Å². The number of esters is 1. The van der Waals surface area contributed by atoms with Gasteiger partial charge in [-0.05, 0) is 100 Å². The van der Waals surface area contributed by atoms with Gasteiger partial charge in [0.05, 0.1) is 34.7 Å². The first-order valence-corrected chi connectivity index (χ1v) is 19.2. The fourth-order valence-corrected chi connectivity index (χ4v) is 11.9. The summed E-state index contributed by atoms with van der Waals surface area (Å²) in [6.07, 6.45) is 4.17. The van der Waals surface area contributed by atoms with Crippen molar-refractivity contribution < 1.29 is 38.7 Å². The number of ether oxygens (including phenoxy) is 4. The normalized spacial score (nSPS) is 42.4. The molecule has 1 saturated heterocycles. The first-order chi connectivity index (χ1) is 23.9. The quantitative estimate of drug-likeness (QED) is 0.227. The number of methoxy groups -OCH3 is 1. The van der Waals surface area contributed by atoms with Crippen molar-refractivity contribution in [1.82, 2.24) is 0 Å². The van der Waals surface area contributed by atoms with Gasteiger partial charge in [-0.2, -0.15) is 0 Å². The molecule has 50 heavy (non-hydrogen) atoms. The molecule has 4 fully saturated rings. The van der Waals surface area contributed by atoms with Gasteiger partial charge in [-0.1, -0.05) is 61.9 Å². The average molecular weight is 705 g/mol. The number of benzene rings is 2. The van der Waals surface area contributed by atoms with E-state index < -0.39 is 47.7 Å². The molecule has 0 amide bonds. The Morgan fingerprint density at radius 1 is 0.960 bits per heavy atom. The van der Waals surface area contributed by atoms with Crippen LogP contribution in [0.3, 0.4) is 0 Å². The third kappa shape index (κ3) is 5.90. The number of rotatable bonds is 8. The standard InChI is InChI=1S/C41H52O8S/c1-24(42)30-19-21-41(45)31-17-16-27-22-28(18-20-39(27,3)32(31)23-33(43)40(30,41)4)48-38-36(50-29-14-10-7-11-15-29)35(46-5)34(25(2)47-38)49-37(44)26-12-8-6-9-13-26/h6-16,25,28,30-36,38,43,45H,17-23H2,1-5H3/t25?,28?,30?,31?,32?,33?,34?,35?,36?,38?,39-,40-,41?/m0/s1. The largest absolute Gasteiger partial charge is 0.453 e. The van der Waals surface area contributed by atoms with Crippen molar-refractivity contribution in [2.45, 2.75) is 125 Å². The van der Waals surface area contributed by atoms with Crippen molar-refractivity contribution in [2.24, 2.45) is 28.6 Å². The van der Waals surface area contributed by atoms with E-state index in [1.165, 1.54) is 5.57 Å². The molecule has 1 aliphatic heterocycles. The van der Waals surface area contributed by atoms with Crippen molar-refractivity contribution in [3.8, 4) is 0 Å². The second-order valence-electron chi connectivity index (χ2n) is 15.8. The second-order valence-corrected chi connectivity index (χ2v) is 17.0. The van der Waals surface area contributed by atoms with E-state index in [1.807, 2.05) is 62.4 Å². The van der Waals surface area contributed by atoms with E-state index in [2.05, 4.69) is 13.0 Å². The average Bonchev–Trinajstić information content (AvgIpc) is 3.40. The van der Waals surface area contributed by atoms with E-state index in [1.54, 1.807) is 37.9 Å². The van der Waals surface area contributed by atoms with Gasteiger partial charge in [0.2, 0.25) is 0 Å². The first-order valence-electron chi connectivity index (χ1n) is 18.3. The fraction of sp³-hybridized carbons (Fsp3) is 0.610. The number of allylic oxidation sites excluding steroid dienone is 1. The molecule has 9 heteroatoms. The molecule has 1 heterocycles. The number of thioether (sulfide) groups is 1. The van der Waals surface area contributed by atoms with Gasteiger partial charge in [0.15, 0.2) is 12.4 Å². The number of ketones is 1.